The number of carboxylic acid groups (broad SMARTS) is 1. The fraction of sp³-hybridized carbons (Fsp3) is 0.833. The number of nitrogens with one attached hydrogen (secondary N) is 7. The van der Waals surface area contributed by atoms with E-state index in [0.29, 0.717) is 24.9 Å². The summed E-state index contributed by atoms with van der Waals surface area (Å²) in [6.45, 7) is 8.18. The topological polar surface area (TPSA) is 429 Å². The predicted molar refractivity (Wildman–Crippen MR) is 297 cm³/mol. The van der Waals surface area contributed by atoms with E-state index < -0.39 is 139 Å². The third-order valence-electron chi connectivity index (χ3n) is 14.2. The van der Waals surface area contributed by atoms with Crippen molar-refractivity contribution in [3.8, 4) is 0 Å². The van der Waals surface area contributed by atoms with Gasteiger partial charge in [-0.3, -0.25) is 43.2 Å². The zero-order valence-electron chi connectivity index (χ0n) is 47.5. The molecule has 24 nitrogen and oxygen atoms in total. The number of primary amides is 1. The van der Waals surface area contributed by atoms with Gasteiger partial charge in [0, 0.05) is 24.7 Å². The first-order chi connectivity index (χ1) is 36.8. The largest absolute Gasteiger partial charge is 0.480 e. The van der Waals surface area contributed by atoms with E-state index >= 15 is 0 Å². The number of carbonyl (C=O) groups is 9. The Morgan fingerprint density at radius 1 is 0.628 bits per heavy atom. The lowest BCUT2D eigenvalue weighted by Gasteiger charge is -2.32. The van der Waals surface area contributed by atoms with Crippen LogP contribution < -0.4 is 65.9 Å². The van der Waals surface area contributed by atoms with Gasteiger partial charge in [0.2, 0.25) is 47.3 Å². The van der Waals surface area contributed by atoms with E-state index in [-0.39, 0.29) is 12.6 Å². The van der Waals surface area contributed by atoms with E-state index in [1.165, 1.54) is 71.6 Å². The summed E-state index contributed by atoms with van der Waals surface area (Å²) in [4.78, 5) is 116. The SMILES string of the molecule is CC(N)CCCCCCCC(N)CCCCCCCC(N)CCCCCCCC(O)CCNC(=O)CC(O)C(NC(=O)C1NC(=O)C(CC(N)=O)NC(=O)C(NC(=O)[C@H](C)NC(=O)CC(N)C(=O)O)CC(=O)NC1C)C(C)C. The van der Waals surface area contributed by atoms with Gasteiger partial charge in [-0.1, -0.05) is 110 Å². The number of aliphatic hydroxyl groups is 2. The molecule has 11 unspecified atom stereocenters. The molecule has 0 bridgehead atoms. The van der Waals surface area contributed by atoms with Crippen molar-refractivity contribution >= 4 is 53.2 Å². The van der Waals surface area contributed by atoms with Gasteiger partial charge in [-0.05, 0) is 71.6 Å². The molecule has 1 heterocycles. The third kappa shape index (κ3) is 32.8. The van der Waals surface area contributed by atoms with Crippen LogP contribution in [0, 0.1) is 5.92 Å². The van der Waals surface area contributed by atoms with Crippen molar-refractivity contribution in [1.29, 1.82) is 0 Å². The standard InChI is InChI=1S/C54H102N12O12/c1-33(2)48(65-53(76)49-35(4)61-47(72)31-42(51(74)64-41(30-44(59)69)52(75)66-49)63-50(73)36(5)62-46(71)29-40(58)54(77)78)43(68)32-45(70)60-28-27-39(67)26-20-14-8-13-19-25-38(57)24-18-12-7-11-17-23-37(56)22-16-10-6-9-15-21-34(3)55/h33-43,48-49,67-68H,6-32,55-58H2,1-5H3,(H2,59,69)(H,60,70)(H,61,72)(H,62,71)(H,63,73)(H,64,74)(H,65,76)(H,66,75)(H,77,78)/t34?,35?,36-,37?,38?,39?,40?,41?,42?,43?,48?,49?/m0/s1. The summed E-state index contributed by atoms with van der Waals surface area (Å²) in [5, 5.41) is 47.9. The van der Waals surface area contributed by atoms with Crippen molar-refractivity contribution in [3.05, 3.63) is 0 Å². The minimum Gasteiger partial charge on any atom is -0.480 e. The first kappa shape index (κ1) is 71.0. The molecule has 450 valence electrons. The van der Waals surface area contributed by atoms with Crippen molar-refractivity contribution in [2.45, 2.75) is 274 Å². The number of nitrogens with two attached hydrogens (primary N) is 5. The van der Waals surface area contributed by atoms with Crippen molar-refractivity contribution in [2.24, 2.45) is 34.6 Å². The highest BCUT2D eigenvalue weighted by atomic mass is 16.4. The predicted octanol–water partition coefficient (Wildman–Crippen LogP) is 0.484. The molecule has 24 heteroatoms. The Morgan fingerprint density at radius 3 is 1.62 bits per heavy atom. The number of amides is 8. The zero-order valence-corrected chi connectivity index (χ0v) is 47.5. The van der Waals surface area contributed by atoms with Crippen LogP contribution in [0.3, 0.4) is 0 Å². The smallest absolute Gasteiger partial charge is 0.321 e. The number of carboxylic acids is 1. The Hall–Kier alpha value is -5.01. The van der Waals surface area contributed by atoms with Gasteiger partial charge in [0.25, 0.3) is 0 Å². The molecule has 1 aliphatic rings. The van der Waals surface area contributed by atoms with Crippen LogP contribution in [0.1, 0.15) is 202 Å². The molecule has 0 aromatic rings. The molecule has 0 spiro atoms. The molecular formula is C54H102N12O12. The molecule has 0 saturated carbocycles. The molecule has 1 saturated heterocycles. The van der Waals surface area contributed by atoms with Crippen LogP contribution in [0.2, 0.25) is 0 Å². The van der Waals surface area contributed by atoms with Gasteiger partial charge in [0.1, 0.15) is 30.2 Å². The third-order valence-corrected chi connectivity index (χ3v) is 14.2. The summed E-state index contributed by atoms with van der Waals surface area (Å²) in [5.74, 6) is -9.27. The Balaban J connectivity index is 2.53. The maximum Gasteiger partial charge on any atom is 0.321 e. The number of unbranched alkanes of at least 4 members (excludes halogenated alkanes) is 12. The summed E-state index contributed by atoms with van der Waals surface area (Å²) < 4.78 is 0. The first-order valence-corrected chi connectivity index (χ1v) is 28.8. The zero-order chi connectivity index (χ0) is 58.7. The summed E-state index contributed by atoms with van der Waals surface area (Å²) in [6.07, 6.45) is 19.0. The van der Waals surface area contributed by atoms with E-state index in [1.807, 2.05) is 0 Å². The van der Waals surface area contributed by atoms with Gasteiger partial charge < -0.3 is 81.2 Å². The van der Waals surface area contributed by atoms with Crippen molar-refractivity contribution in [3.63, 3.8) is 0 Å². The molecule has 0 aromatic carbocycles. The minimum absolute atomic E-state index is 0.159. The average molecular weight is 1110 g/mol. The monoisotopic (exact) mass is 1110 g/mol. The molecule has 1 aliphatic heterocycles. The number of hydrogen-bond donors (Lipinski definition) is 15. The number of aliphatic carboxylic acids is 1. The van der Waals surface area contributed by atoms with Gasteiger partial charge >= 0.3 is 5.97 Å². The molecule has 1 fully saturated rings. The van der Waals surface area contributed by atoms with Crippen molar-refractivity contribution in [2.75, 3.05) is 6.54 Å². The Bertz CT molecular complexity index is 1830. The Kier molecular flexibility index (Phi) is 36.6. The lowest BCUT2D eigenvalue weighted by molar-refractivity contribution is -0.140. The fourth-order valence-corrected chi connectivity index (χ4v) is 9.32. The van der Waals surface area contributed by atoms with E-state index in [2.05, 4.69) is 44.1 Å². The van der Waals surface area contributed by atoms with Crippen LogP contribution in [0.4, 0.5) is 0 Å². The lowest BCUT2D eigenvalue weighted by Crippen LogP contribution is -2.62. The number of carbonyl (C=O) groups excluding carboxylic acids is 8. The van der Waals surface area contributed by atoms with Crippen molar-refractivity contribution < 1.29 is 58.5 Å². The van der Waals surface area contributed by atoms with E-state index in [0.717, 1.165) is 70.6 Å². The molecule has 12 atom stereocenters. The van der Waals surface area contributed by atoms with Crippen LogP contribution >= 0.6 is 0 Å². The van der Waals surface area contributed by atoms with Gasteiger partial charge in [-0.2, -0.15) is 0 Å². The van der Waals surface area contributed by atoms with Gasteiger partial charge in [-0.15, -0.1) is 0 Å². The Morgan fingerprint density at radius 2 is 1.13 bits per heavy atom. The molecule has 20 N–H and O–H groups in total. The maximum atomic E-state index is 13.9. The van der Waals surface area contributed by atoms with Crippen LogP contribution in [0.25, 0.3) is 0 Å². The maximum absolute atomic E-state index is 13.9. The van der Waals surface area contributed by atoms with Crippen LogP contribution in [0.5, 0.6) is 0 Å². The van der Waals surface area contributed by atoms with Gasteiger partial charge in [-0.25, -0.2) is 0 Å². The summed E-state index contributed by atoms with van der Waals surface area (Å²) >= 11 is 0. The Labute approximate surface area is 462 Å². The normalized spacial score (nSPS) is 20.2. The second-order valence-corrected chi connectivity index (χ2v) is 22.2. The second-order valence-electron chi connectivity index (χ2n) is 22.2. The average Bonchev–Trinajstić information content (AvgIpc) is 3.35. The van der Waals surface area contributed by atoms with E-state index in [4.69, 9.17) is 33.8 Å². The van der Waals surface area contributed by atoms with E-state index in [9.17, 15) is 53.4 Å². The van der Waals surface area contributed by atoms with E-state index in [1.54, 1.807) is 13.8 Å². The highest BCUT2D eigenvalue weighted by molar-refractivity contribution is 5.99. The fourth-order valence-electron chi connectivity index (χ4n) is 9.32. The second kappa shape index (κ2) is 40.2. The molecule has 0 radical (unpaired) electrons. The molecular weight excluding hydrogens is 1010 g/mol. The summed E-state index contributed by atoms with van der Waals surface area (Å²) in [7, 11) is 0. The summed E-state index contributed by atoms with van der Waals surface area (Å²) in [6, 6.07) is -9.26. The van der Waals surface area contributed by atoms with Crippen LogP contribution in [-0.4, -0.2) is 148 Å². The van der Waals surface area contributed by atoms with Crippen LogP contribution in [-0.2, 0) is 43.2 Å². The lowest BCUT2D eigenvalue weighted by atomic mass is 9.95. The molecule has 1 rings (SSSR count). The first-order valence-electron chi connectivity index (χ1n) is 28.8. The van der Waals surface area contributed by atoms with Crippen LogP contribution in [0.15, 0.2) is 0 Å². The van der Waals surface area contributed by atoms with Gasteiger partial charge in [0.05, 0.1) is 50.0 Å². The van der Waals surface area contributed by atoms with Gasteiger partial charge in [0.15, 0.2) is 0 Å². The molecule has 0 aromatic heterocycles. The highest BCUT2D eigenvalue weighted by Gasteiger charge is 2.38. The molecule has 78 heavy (non-hydrogen) atoms. The number of rotatable bonds is 41. The highest BCUT2D eigenvalue weighted by Crippen LogP contribution is 2.17. The number of hydrogen-bond acceptors (Lipinski definition) is 15. The van der Waals surface area contributed by atoms with Crippen molar-refractivity contribution in [1.82, 2.24) is 37.2 Å². The quantitative estimate of drug-likeness (QED) is 0.0370. The summed E-state index contributed by atoms with van der Waals surface area (Å²) in [5.41, 5.74) is 29.3. The number of aliphatic hydroxyl groups excluding tert-OH is 2. The molecule has 0 aliphatic carbocycles. The molecule has 8 amide bonds. The minimum atomic E-state index is -1.70.